The molecule has 4 nitrogen and oxygen atoms in total. The molecule has 0 heterocycles. The summed E-state index contributed by atoms with van der Waals surface area (Å²) in [6, 6.07) is 17.8. The van der Waals surface area contributed by atoms with Crippen LogP contribution in [0.25, 0.3) is 11.1 Å². The molecule has 1 aliphatic carbocycles. The summed E-state index contributed by atoms with van der Waals surface area (Å²) in [5.41, 5.74) is 4.62. The molecule has 0 N–H and O–H groups in total. The minimum absolute atomic E-state index is 0.161. The maximum Gasteiger partial charge on any atom is 0.223 e. The Morgan fingerprint density at radius 2 is 0.914 bits per heavy atom. The summed E-state index contributed by atoms with van der Waals surface area (Å²) >= 11 is 0. The predicted molar refractivity (Wildman–Crippen MR) is 145 cm³/mol. The quantitative estimate of drug-likeness (QED) is 0.378. The molecule has 0 atom stereocenters. The Kier molecular flexibility index (Phi) is 8.46. The number of hydrogen-bond acceptors (Lipinski definition) is 2. The van der Waals surface area contributed by atoms with Crippen LogP contribution in [0.3, 0.4) is 0 Å². The lowest BCUT2D eigenvalue weighted by Gasteiger charge is -2.36. The lowest BCUT2D eigenvalue weighted by Crippen LogP contribution is -2.43. The van der Waals surface area contributed by atoms with Crippen LogP contribution >= 0.6 is 0 Å². The smallest absolute Gasteiger partial charge is 0.223 e. The zero-order valence-corrected chi connectivity index (χ0v) is 23.0. The van der Waals surface area contributed by atoms with Crippen LogP contribution in [0.4, 0.5) is 0 Å². The van der Waals surface area contributed by atoms with Crippen molar-refractivity contribution in [3.8, 4) is 11.1 Å². The van der Waals surface area contributed by atoms with Crippen LogP contribution in [-0.2, 0) is 15.0 Å². The van der Waals surface area contributed by atoms with Crippen LogP contribution in [0.2, 0.25) is 0 Å². The highest BCUT2D eigenvalue weighted by Gasteiger charge is 2.43. The Bertz CT molecular complexity index is 938. The van der Waals surface area contributed by atoms with E-state index in [1.54, 1.807) is 0 Å². The standard InChI is InChI=1S/C31H44N2O2/c1-21(2)32(22(3)4)29(34)17-19-31(20-18-30(35)33(23(5)6)24(7)8)27-15-11-9-13-25(27)26-14-10-12-16-28(26)31/h9-16,21-24H,17-20H2,1-8H3. The fraction of sp³-hybridized carbons (Fsp3) is 0.548. The molecule has 2 aromatic rings. The molecule has 35 heavy (non-hydrogen) atoms. The van der Waals surface area contributed by atoms with Crippen molar-refractivity contribution in [2.45, 2.75) is 111 Å². The molecule has 0 unspecified atom stereocenters. The van der Waals surface area contributed by atoms with Gasteiger partial charge in [0.25, 0.3) is 0 Å². The number of rotatable bonds is 10. The van der Waals surface area contributed by atoms with E-state index in [4.69, 9.17) is 0 Å². The first-order chi connectivity index (χ1) is 16.5. The van der Waals surface area contributed by atoms with E-state index >= 15 is 0 Å². The highest BCUT2D eigenvalue weighted by Crippen LogP contribution is 2.53. The van der Waals surface area contributed by atoms with E-state index in [1.807, 2.05) is 9.80 Å². The highest BCUT2D eigenvalue weighted by molar-refractivity contribution is 5.83. The average Bonchev–Trinajstić information content (AvgIpc) is 3.06. The second-order valence-corrected chi connectivity index (χ2v) is 11.2. The van der Waals surface area contributed by atoms with E-state index in [0.29, 0.717) is 25.7 Å². The van der Waals surface area contributed by atoms with E-state index in [2.05, 4.69) is 104 Å². The van der Waals surface area contributed by atoms with Gasteiger partial charge in [0.05, 0.1) is 0 Å². The van der Waals surface area contributed by atoms with Crippen molar-refractivity contribution in [3.63, 3.8) is 0 Å². The van der Waals surface area contributed by atoms with Gasteiger partial charge in [-0.05, 0) is 90.5 Å². The summed E-state index contributed by atoms with van der Waals surface area (Å²) in [7, 11) is 0. The Morgan fingerprint density at radius 1 is 0.600 bits per heavy atom. The van der Waals surface area contributed by atoms with Gasteiger partial charge in [0, 0.05) is 42.4 Å². The van der Waals surface area contributed by atoms with Gasteiger partial charge in [0.15, 0.2) is 0 Å². The Labute approximate surface area is 212 Å². The molecule has 0 aliphatic heterocycles. The van der Waals surface area contributed by atoms with E-state index < -0.39 is 0 Å². The van der Waals surface area contributed by atoms with Crippen molar-refractivity contribution < 1.29 is 9.59 Å². The molecule has 0 aromatic heterocycles. The van der Waals surface area contributed by atoms with E-state index in [-0.39, 0.29) is 41.4 Å². The predicted octanol–water partition coefficient (Wildman–Crippen LogP) is 6.80. The number of benzene rings is 2. The van der Waals surface area contributed by atoms with Crippen LogP contribution in [0.15, 0.2) is 48.5 Å². The molecule has 3 rings (SSSR count). The van der Waals surface area contributed by atoms with Gasteiger partial charge in [0.2, 0.25) is 11.8 Å². The lowest BCUT2D eigenvalue weighted by molar-refractivity contribution is -0.135. The van der Waals surface area contributed by atoms with Gasteiger partial charge in [0.1, 0.15) is 0 Å². The van der Waals surface area contributed by atoms with Gasteiger partial charge < -0.3 is 9.80 Å². The molecular formula is C31H44N2O2. The first kappa shape index (κ1) is 27.0. The number of nitrogens with zero attached hydrogens (tertiary/aromatic N) is 2. The summed E-state index contributed by atoms with van der Waals surface area (Å²) < 4.78 is 0. The Hall–Kier alpha value is -2.62. The van der Waals surface area contributed by atoms with E-state index in [1.165, 1.54) is 22.3 Å². The Balaban J connectivity index is 2.01. The number of hydrogen-bond donors (Lipinski definition) is 0. The molecule has 0 radical (unpaired) electrons. The van der Waals surface area contributed by atoms with Crippen molar-refractivity contribution in [1.82, 2.24) is 9.80 Å². The monoisotopic (exact) mass is 476 g/mol. The van der Waals surface area contributed by atoms with Crippen LogP contribution < -0.4 is 0 Å². The molecule has 0 bridgehead atoms. The van der Waals surface area contributed by atoms with E-state index in [9.17, 15) is 9.59 Å². The average molecular weight is 477 g/mol. The maximum atomic E-state index is 13.4. The summed E-state index contributed by atoms with van der Waals surface area (Å²) in [5, 5.41) is 0. The molecule has 2 amide bonds. The molecule has 0 fully saturated rings. The van der Waals surface area contributed by atoms with Gasteiger partial charge in [-0.15, -0.1) is 0 Å². The number of fused-ring (bicyclic) bond motifs is 3. The molecule has 0 spiro atoms. The van der Waals surface area contributed by atoms with Crippen molar-refractivity contribution in [3.05, 3.63) is 59.7 Å². The molecular weight excluding hydrogens is 432 g/mol. The lowest BCUT2D eigenvalue weighted by atomic mass is 9.71. The van der Waals surface area contributed by atoms with Crippen molar-refractivity contribution in [1.29, 1.82) is 0 Å². The first-order valence-corrected chi connectivity index (χ1v) is 13.3. The largest absolute Gasteiger partial charge is 0.338 e. The second kappa shape index (κ2) is 11.0. The van der Waals surface area contributed by atoms with Gasteiger partial charge in [-0.3, -0.25) is 9.59 Å². The molecule has 0 saturated heterocycles. The molecule has 190 valence electrons. The third-order valence-electron chi connectivity index (χ3n) is 7.51. The zero-order chi connectivity index (χ0) is 25.9. The van der Waals surface area contributed by atoms with Crippen molar-refractivity contribution in [2.24, 2.45) is 0 Å². The summed E-state index contributed by atoms with van der Waals surface area (Å²) in [6.45, 7) is 16.7. The highest BCUT2D eigenvalue weighted by atomic mass is 16.2. The SMILES string of the molecule is CC(C)N(C(=O)CCC1(CCC(=O)N(C(C)C)C(C)C)c2ccccc2-c2ccccc21)C(C)C. The van der Waals surface area contributed by atoms with Gasteiger partial charge in [-0.1, -0.05) is 48.5 Å². The minimum atomic E-state index is -0.349. The van der Waals surface area contributed by atoms with Crippen LogP contribution in [0.5, 0.6) is 0 Å². The number of carbonyl (C=O) groups is 2. The minimum Gasteiger partial charge on any atom is -0.338 e. The molecule has 1 aliphatic rings. The zero-order valence-electron chi connectivity index (χ0n) is 23.0. The summed E-state index contributed by atoms with van der Waals surface area (Å²) in [4.78, 5) is 30.8. The van der Waals surface area contributed by atoms with Gasteiger partial charge in [-0.25, -0.2) is 0 Å². The van der Waals surface area contributed by atoms with Crippen LogP contribution in [-0.4, -0.2) is 45.8 Å². The second-order valence-electron chi connectivity index (χ2n) is 11.2. The number of amides is 2. The fourth-order valence-electron chi connectivity index (χ4n) is 6.32. The molecule has 0 saturated carbocycles. The van der Waals surface area contributed by atoms with Crippen LogP contribution in [0, 0.1) is 0 Å². The molecule has 2 aromatic carbocycles. The van der Waals surface area contributed by atoms with Crippen molar-refractivity contribution >= 4 is 11.8 Å². The first-order valence-electron chi connectivity index (χ1n) is 13.3. The normalized spacial score (nSPS) is 13.9. The number of carbonyl (C=O) groups excluding carboxylic acids is 2. The summed E-state index contributed by atoms with van der Waals surface area (Å²) in [5.74, 6) is 0.377. The van der Waals surface area contributed by atoms with Gasteiger partial charge >= 0.3 is 0 Å². The topological polar surface area (TPSA) is 40.6 Å². The van der Waals surface area contributed by atoms with E-state index in [0.717, 1.165) is 0 Å². The van der Waals surface area contributed by atoms with Crippen LogP contribution in [0.1, 0.15) is 92.2 Å². The third-order valence-corrected chi connectivity index (χ3v) is 7.51. The third kappa shape index (κ3) is 5.32. The summed E-state index contributed by atoms with van der Waals surface area (Å²) in [6.07, 6.45) is 2.33. The fourth-order valence-corrected chi connectivity index (χ4v) is 6.32. The Morgan fingerprint density at radius 3 is 1.23 bits per heavy atom. The maximum absolute atomic E-state index is 13.4. The van der Waals surface area contributed by atoms with Gasteiger partial charge in [-0.2, -0.15) is 0 Å². The molecule has 4 heteroatoms. The van der Waals surface area contributed by atoms with Crippen molar-refractivity contribution in [2.75, 3.05) is 0 Å².